The van der Waals surface area contributed by atoms with Crippen LogP contribution in [-0.4, -0.2) is 33.5 Å². The molecule has 0 aliphatic rings. The Morgan fingerprint density at radius 1 is 1.11 bits per heavy atom. The van der Waals surface area contributed by atoms with Crippen LogP contribution in [0.15, 0.2) is 12.4 Å². The Kier molecular flexibility index (Phi) is 3.73. The molecule has 10 heteroatoms. The average Bonchev–Trinajstić information content (AvgIpc) is 2.62. The topological polar surface area (TPSA) is 52.0 Å². The number of alkyl halides is 6. The summed E-state index contributed by atoms with van der Waals surface area (Å²) in [6.45, 7) is 0. The number of imidazole rings is 1. The van der Waals surface area contributed by atoms with Gasteiger partial charge in [0, 0.05) is 19.4 Å². The molecule has 1 heterocycles. The van der Waals surface area contributed by atoms with Gasteiger partial charge in [-0.1, -0.05) is 0 Å². The molecule has 1 aromatic rings. The Hall–Kier alpha value is -1.87. The molecule has 0 bridgehead atoms. The predicted molar refractivity (Wildman–Crippen MR) is 48.1 cm³/mol. The van der Waals surface area contributed by atoms with Crippen LogP contribution < -0.4 is 0 Å². The highest BCUT2D eigenvalue weighted by Crippen LogP contribution is 2.32. The van der Waals surface area contributed by atoms with Crippen LogP contribution in [0.4, 0.5) is 26.3 Å². The van der Waals surface area contributed by atoms with Gasteiger partial charge in [0.15, 0.2) is 5.92 Å². The van der Waals surface area contributed by atoms with Crippen LogP contribution in [0, 0.1) is 0 Å². The lowest BCUT2D eigenvalue weighted by Crippen LogP contribution is -2.40. The van der Waals surface area contributed by atoms with Crippen LogP contribution in [-0.2, 0) is 16.6 Å². The number of hydrogen-bond acceptors (Lipinski definition) is 3. The molecule has 106 valence electrons. The number of rotatable bonds is 3. The van der Waals surface area contributed by atoms with Gasteiger partial charge in [0.1, 0.15) is 5.82 Å². The number of halogens is 6. The van der Waals surface area contributed by atoms with Crippen molar-refractivity contribution in [1.82, 2.24) is 9.55 Å². The molecular formula is C9H6F6N2O2. The quantitative estimate of drug-likeness (QED) is 0.629. The number of carbonyl (C=O) groups is 2. The first-order chi connectivity index (χ1) is 8.46. The third-order valence-electron chi connectivity index (χ3n) is 2.20. The monoisotopic (exact) mass is 288 g/mol. The Labute approximate surface area is 102 Å². The Morgan fingerprint density at radius 2 is 1.53 bits per heavy atom. The smallest absolute Gasteiger partial charge is 0.337 e. The predicted octanol–water partition coefficient (Wildman–Crippen LogP) is 1.77. The van der Waals surface area contributed by atoms with Crippen molar-refractivity contribution < 1.29 is 35.9 Å². The van der Waals surface area contributed by atoms with Gasteiger partial charge in [-0.2, -0.15) is 26.3 Å². The van der Waals surface area contributed by atoms with Crippen molar-refractivity contribution in [2.24, 2.45) is 7.05 Å². The largest absolute Gasteiger partial charge is 0.451 e. The van der Waals surface area contributed by atoms with Crippen molar-refractivity contribution in [3.05, 3.63) is 18.2 Å². The van der Waals surface area contributed by atoms with Crippen molar-refractivity contribution in [3.63, 3.8) is 0 Å². The van der Waals surface area contributed by atoms with Crippen molar-refractivity contribution >= 4 is 11.6 Å². The average molecular weight is 288 g/mol. The molecule has 1 rings (SSSR count). The molecule has 4 nitrogen and oxygen atoms in total. The van der Waals surface area contributed by atoms with Crippen molar-refractivity contribution in [2.75, 3.05) is 0 Å². The SMILES string of the molecule is Cn1ccnc1C(C(=O)C(F)(F)F)C(=O)C(F)(F)F. The summed E-state index contributed by atoms with van der Waals surface area (Å²) >= 11 is 0. The lowest BCUT2D eigenvalue weighted by molar-refractivity contribution is -0.185. The highest BCUT2D eigenvalue weighted by atomic mass is 19.4. The molecule has 0 atom stereocenters. The number of Topliss-reactive ketones (excluding diaryl/α,β-unsaturated/α-hetero) is 2. The van der Waals surface area contributed by atoms with Crippen LogP contribution in [0.1, 0.15) is 11.7 Å². The molecule has 1 aromatic heterocycles. The summed E-state index contributed by atoms with van der Waals surface area (Å²) in [7, 11) is 1.07. The molecule has 0 N–H and O–H groups in total. The summed E-state index contributed by atoms with van der Waals surface area (Å²) in [4.78, 5) is 25.2. The number of aryl methyl sites for hydroxylation is 1. The van der Waals surface area contributed by atoms with Crippen LogP contribution in [0.5, 0.6) is 0 Å². The van der Waals surface area contributed by atoms with E-state index in [1.165, 1.54) is 0 Å². The minimum absolute atomic E-state index is 0.748. The molecule has 0 saturated carbocycles. The van der Waals surface area contributed by atoms with Gasteiger partial charge in [0.25, 0.3) is 11.6 Å². The van der Waals surface area contributed by atoms with Crippen LogP contribution >= 0.6 is 0 Å². The van der Waals surface area contributed by atoms with Gasteiger partial charge in [0.2, 0.25) is 0 Å². The van der Waals surface area contributed by atoms with Crippen molar-refractivity contribution in [3.8, 4) is 0 Å². The summed E-state index contributed by atoms with van der Waals surface area (Å²) < 4.78 is 74.3. The van der Waals surface area contributed by atoms with E-state index in [1.807, 2.05) is 0 Å². The van der Waals surface area contributed by atoms with Gasteiger partial charge in [-0.15, -0.1) is 0 Å². The Morgan fingerprint density at radius 3 is 1.79 bits per heavy atom. The Balaban J connectivity index is 3.33. The van der Waals surface area contributed by atoms with E-state index in [9.17, 15) is 35.9 Å². The van der Waals surface area contributed by atoms with Crippen LogP contribution in [0.2, 0.25) is 0 Å². The lowest BCUT2D eigenvalue weighted by Gasteiger charge is -2.17. The van der Waals surface area contributed by atoms with Crippen molar-refractivity contribution in [1.29, 1.82) is 0 Å². The first-order valence-electron chi connectivity index (χ1n) is 4.65. The van der Waals surface area contributed by atoms with Gasteiger partial charge in [-0.05, 0) is 0 Å². The highest BCUT2D eigenvalue weighted by Gasteiger charge is 2.55. The second kappa shape index (κ2) is 4.67. The molecule has 0 aromatic carbocycles. The molecule has 0 amide bonds. The number of aromatic nitrogens is 2. The molecule has 0 saturated heterocycles. The van der Waals surface area contributed by atoms with E-state index in [1.54, 1.807) is 0 Å². The van der Waals surface area contributed by atoms with Gasteiger partial charge in [0.05, 0.1) is 0 Å². The van der Waals surface area contributed by atoms with Gasteiger partial charge >= 0.3 is 12.4 Å². The van der Waals surface area contributed by atoms with E-state index in [0.717, 1.165) is 24.0 Å². The number of hydrogen-bond donors (Lipinski definition) is 0. The maximum Gasteiger partial charge on any atom is 0.451 e. The fraction of sp³-hybridized carbons (Fsp3) is 0.444. The van der Waals surface area contributed by atoms with Gasteiger partial charge in [-0.25, -0.2) is 4.98 Å². The third-order valence-corrected chi connectivity index (χ3v) is 2.20. The van der Waals surface area contributed by atoms with E-state index in [-0.39, 0.29) is 0 Å². The fourth-order valence-electron chi connectivity index (χ4n) is 1.34. The van der Waals surface area contributed by atoms with Gasteiger partial charge in [-0.3, -0.25) is 9.59 Å². The summed E-state index contributed by atoms with van der Waals surface area (Å²) in [6.07, 6.45) is -9.24. The van der Waals surface area contributed by atoms with Crippen LogP contribution in [0.3, 0.4) is 0 Å². The fourth-order valence-corrected chi connectivity index (χ4v) is 1.34. The molecule has 0 fully saturated rings. The summed E-state index contributed by atoms with van der Waals surface area (Å²) in [6, 6.07) is 0. The molecule has 0 aliphatic heterocycles. The summed E-state index contributed by atoms with van der Waals surface area (Å²) in [5.74, 6) is -9.56. The van der Waals surface area contributed by atoms with E-state index < -0.39 is 35.7 Å². The lowest BCUT2D eigenvalue weighted by atomic mass is 9.97. The van der Waals surface area contributed by atoms with Crippen LogP contribution in [0.25, 0.3) is 0 Å². The zero-order chi connectivity index (χ0) is 15.0. The zero-order valence-electron chi connectivity index (χ0n) is 9.21. The molecule has 19 heavy (non-hydrogen) atoms. The van der Waals surface area contributed by atoms with Crippen molar-refractivity contribution in [2.45, 2.75) is 18.3 Å². The molecule has 0 aliphatic carbocycles. The van der Waals surface area contributed by atoms with E-state index in [2.05, 4.69) is 4.98 Å². The first kappa shape index (κ1) is 15.2. The minimum Gasteiger partial charge on any atom is -0.337 e. The highest BCUT2D eigenvalue weighted by molar-refractivity contribution is 6.11. The Bertz CT molecular complexity index is 476. The van der Waals surface area contributed by atoms with Gasteiger partial charge < -0.3 is 4.57 Å². The maximum absolute atomic E-state index is 12.3. The zero-order valence-corrected chi connectivity index (χ0v) is 9.21. The third kappa shape index (κ3) is 3.12. The standard InChI is InChI=1S/C9H6F6N2O2/c1-17-3-2-16-7(17)4(5(18)8(10,11)12)6(19)9(13,14)15/h2-4H,1H3. The molecular weight excluding hydrogens is 282 g/mol. The normalized spacial score (nSPS) is 12.8. The molecule has 0 unspecified atom stereocenters. The second-order valence-electron chi connectivity index (χ2n) is 3.55. The number of carbonyl (C=O) groups excluding carboxylic acids is 2. The first-order valence-corrected chi connectivity index (χ1v) is 4.65. The minimum atomic E-state index is -5.57. The number of nitrogens with zero attached hydrogens (tertiary/aromatic N) is 2. The number of ketones is 2. The van der Waals surface area contributed by atoms with E-state index >= 15 is 0 Å². The molecule has 0 radical (unpaired) electrons. The summed E-state index contributed by atoms with van der Waals surface area (Å²) in [5, 5.41) is 0. The molecule has 0 spiro atoms. The summed E-state index contributed by atoms with van der Waals surface area (Å²) in [5.41, 5.74) is 0. The van der Waals surface area contributed by atoms with E-state index in [4.69, 9.17) is 0 Å². The maximum atomic E-state index is 12.3. The second-order valence-corrected chi connectivity index (χ2v) is 3.55. The van der Waals surface area contributed by atoms with E-state index in [0.29, 0.717) is 0 Å².